The summed E-state index contributed by atoms with van der Waals surface area (Å²) in [7, 11) is 2.58. The second-order valence-corrected chi connectivity index (χ2v) is 14.2. The average molecular weight is 712 g/mol. The maximum absolute atomic E-state index is 13.5. The fourth-order valence-corrected chi connectivity index (χ4v) is 7.34. The first kappa shape index (κ1) is 35.0. The van der Waals surface area contributed by atoms with Crippen LogP contribution >= 0.6 is 0 Å². The molecular formula is C38H45N7O7. The quantitative estimate of drug-likeness (QED) is 0.226. The Morgan fingerprint density at radius 2 is 1.33 bits per heavy atom. The summed E-state index contributed by atoms with van der Waals surface area (Å²) in [6, 6.07) is 14.4. The number of nitrogens with one attached hydrogen (secondary N) is 4. The number of H-pyrrole nitrogens is 1. The highest BCUT2D eigenvalue weighted by molar-refractivity contribution is 5.94. The summed E-state index contributed by atoms with van der Waals surface area (Å²) < 4.78 is 9.46. The van der Waals surface area contributed by atoms with Crippen molar-refractivity contribution in [1.82, 2.24) is 30.4 Å². The standard InChI is InChI=1S/C38H45N7O7/c1-51-37(49)42-31(25-9-10-25)35(47)44-19-17-27(21-44)34(46)40-28-15-13-23(14-16-28)22-5-7-24(8-6-22)29-20-39-33(41-29)30-4-3-18-45(30)36(48)32(26-11-12-26)43-38(50)52-2/h5-8,13-16,20,25-27,30-32H,3-4,9-12,17-19,21H2,1-2H3,(H,39,41)(H,40,46)(H,42,49)(H,43,50)/t27-,30-,31-,32+/m0/s1. The molecule has 3 heterocycles. The molecule has 3 aromatic rings. The van der Waals surface area contributed by atoms with E-state index in [0.717, 1.165) is 66.7 Å². The number of aromatic nitrogens is 2. The molecule has 2 saturated carbocycles. The van der Waals surface area contributed by atoms with Gasteiger partial charge in [0.1, 0.15) is 17.9 Å². The molecule has 4 atom stereocenters. The van der Waals surface area contributed by atoms with Gasteiger partial charge in [-0.25, -0.2) is 14.6 Å². The first-order valence-electron chi connectivity index (χ1n) is 18.1. The molecule has 4 fully saturated rings. The highest BCUT2D eigenvalue weighted by Gasteiger charge is 2.44. The number of rotatable bonds is 11. The maximum Gasteiger partial charge on any atom is 0.407 e. The highest BCUT2D eigenvalue weighted by atomic mass is 16.5. The SMILES string of the molecule is COC(=O)N[C@H](C(=O)N1CC[C@H](C(=O)Nc2ccc(-c3ccc(-c4cnc([C@@H]5CCCN5C(=O)[C@H](NC(=O)OC)C5CC5)[nH]4)cc3)cc2)C1)C1CC1. The average Bonchev–Trinajstić information content (AvgIpc) is 4.02. The number of amides is 5. The Morgan fingerprint density at radius 1 is 0.750 bits per heavy atom. The van der Waals surface area contributed by atoms with E-state index in [2.05, 4.69) is 25.9 Å². The van der Waals surface area contributed by atoms with Gasteiger partial charge in [0.15, 0.2) is 0 Å². The van der Waals surface area contributed by atoms with Crippen LogP contribution in [0.1, 0.15) is 56.8 Å². The lowest BCUT2D eigenvalue weighted by Crippen LogP contribution is -2.49. The molecule has 1 aromatic heterocycles. The molecule has 274 valence electrons. The first-order valence-corrected chi connectivity index (χ1v) is 18.1. The number of aromatic amines is 1. The summed E-state index contributed by atoms with van der Waals surface area (Å²) in [5, 5.41) is 8.40. The van der Waals surface area contributed by atoms with E-state index in [1.807, 2.05) is 53.4 Å². The third-order valence-electron chi connectivity index (χ3n) is 10.6. The lowest BCUT2D eigenvalue weighted by Gasteiger charge is -2.28. The van der Waals surface area contributed by atoms with Gasteiger partial charge in [-0.2, -0.15) is 0 Å². The zero-order valence-electron chi connectivity index (χ0n) is 29.4. The zero-order chi connectivity index (χ0) is 36.4. The van der Waals surface area contributed by atoms with Gasteiger partial charge in [-0.3, -0.25) is 14.4 Å². The Balaban J connectivity index is 0.934. The fourth-order valence-electron chi connectivity index (χ4n) is 7.34. The van der Waals surface area contributed by atoms with Crippen molar-refractivity contribution >= 4 is 35.6 Å². The lowest BCUT2D eigenvalue weighted by atomic mass is 10.0. The molecule has 7 rings (SSSR count). The first-order chi connectivity index (χ1) is 25.2. The third-order valence-corrected chi connectivity index (χ3v) is 10.6. The molecular weight excluding hydrogens is 666 g/mol. The van der Waals surface area contributed by atoms with Crippen LogP contribution in [-0.4, -0.2) is 95.6 Å². The van der Waals surface area contributed by atoms with Crippen LogP contribution in [0.25, 0.3) is 22.4 Å². The summed E-state index contributed by atoms with van der Waals surface area (Å²) in [5.41, 5.74) is 4.48. The van der Waals surface area contributed by atoms with E-state index in [1.54, 1.807) is 11.1 Å². The Hall–Kier alpha value is -5.40. The Bertz CT molecular complexity index is 1800. The van der Waals surface area contributed by atoms with Crippen molar-refractivity contribution in [2.75, 3.05) is 39.2 Å². The summed E-state index contributed by atoms with van der Waals surface area (Å²) >= 11 is 0. The number of nitrogens with zero attached hydrogens (tertiary/aromatic N) is 3. The maximum atomic E-state index is 13.5. The summed E-state index contributed by atoms with van der Waals surface area (Å²) in [5.74, 6) is 0.258. The summed E-state index contributed by atoms with van der Waals surface area (Å²) in [6.07, 6.45) is 6.37. The van der Waals surface area contributed by atoms with Crippen molar-refractivity contribution in [3.63, 3.8) is 0 Å². The largest absolute Gasteiger partial charge is 0.453 e. The van der Waals surface area contributed by atoms with E-state index < -0.39 is 24.3 Å². The van der Waals surface area contributed by atoms with E-state index in [0.29, 0.717) is 31.7 Å². The normalized spacial score (nSPS) is 20.9. The van der Waals surface area contributed by atoms with Crippen molar-refractivity contribution in [1.29, 1.82) is 0 Å². The van der Waals surface area contributed by atoms with Crippen molar-refractivity contribution in [2.45, 2.75) is 63.1 Å². The minimum Gasteiger partial charge on any atom is -0.453 e. The Kier molecular flexibility index (Phi) is 10.1. The number of hydrogen-bond acceptors (Lipinski definition) is 8. The van der Waals surface area contributed by atoms with Crippen molar-refractivity contribution < 1.29 is 33.4 Å². The molecule has 4 aliphatic rings. The van der Waals surface area contributed by atoms with Crippen LogP contribution in [0.15, 0.2) is 54.7 Å². The molecule has 14 nitrogen and oxygen atoms in total. The molecule has 4 N–H and O–H groups in total. The molecule has 2 aliphatic carbocycles. The number of likely N-dealkylation sites (tertiary alicyclic amines) is 2. The predicted molar refractivity (Wildman–Crippen MR) is 191 cm³/mol. The van der Waals surface area contributed by atoms with Gasteiger partial charge in [0, 0.05) is 25.3 Å². The number of imidazole rings is 1. The molecule has 2 aromatic carbocycles. The molecule has 14 heteroatoms. The van der Waals surface area contributed by atoms with Crippen molar-refractivity contribution in [3.05, 3.63) is 60.6 Å². The van der Waals surface area contributed by atoms with E-state index in [4.69, 9.17) is 9.47 Å². The van der Waals surface area contributed by atoms with Gasteiger partial charge < -0.3 is 40.2 Å². The van der Waals surface area contributed by atoms with Crippen LogP contribution in [-0.2, 0) is 23.9 Å². The topological polar surface area (TPSA) is 175 Å². The van der Waals surface area contributed by atoms with Crippen LogP contribution in [0, 0.1) is 17.8 Å². The number of carbonyl (C=O) groups is 5. The van der Waals surface area contributed by atoms with E-state index >= 15 is 0 Å². The van der Waals surface area contributed by atoms with Gasteiger partial charge in [-0.1, -0.05) is 36.4 Å². The molecule has 0 unspecified atom stereocenters. The second-order valence-electron chi connectivity index (χ2n) is 14.2. The monoisotopic (exact) mass is 711 g/mol. The van der Waals surface area contributed by atoms with E-state index in [1.165, 1.54) is 14.2 Å². The van der Waals surface area contributed by atoms with Crippen molar-refractivity contribution in [3.8, 4) is 22.4 Å². The Labute approximate surface area is 302 Å². The zero-order valence-corrected chi connectivity index (χ0v) is 29.4. The molecule has 0 spiro atoms. The van der Waals surface area contributed by atoms with Gasteiger partial charge in [0.2, 0.25) is 17.7 Å². The third kappa shape index (κ3) is 7.75. The van der Waals surface area contributed by atoms with E-state index in [-0.39, 0.29) is 41.5 Å². The van der Waals surface area contributed by atoms with Gasteiger partial charge in [0.05, 0.1) is 38.1 Å². The highest BCUT2D eigenvalue weighted by Crippen LogP contribution is 2.38. The smallest absolute Gasteiger partial charge is 0.407 e. The fraction of sp³-hybridized carbons (Fsp3) is 0.474. The number of hydrogen-bond donors (Lipinski definition) is 4. The Morgan fingerprint density at radius 3 is 1.92 bits per heavy atom. The lowest BCUT2D eigenvalue weighted by molar-refractivity contribution is -0.135. The number of ether oxygens (including phenoxy) is 2. The van der Waals surface area contributed by atoms with Gasteiger partial charge in [0.25, 0.3) is 0 Å². The number of carbonyl (C=O) groups excluding carboxylic acids is 5. The number of anilines is 1. The summed E-state index contributed by atoms with van der Waals surface area (Å²) in [4.78, 5) is 75.1. The van der Waals surface area contributed by atoms with E-state index in [9.17, 15) is 24.0 Å². The second kappa shape index (κ2) is 15.1. The van der Waals surface area contributed by atoms with Gasteiger partial charge in [-0.15, -0.1) is 0 Å². The minimum atomic E-state index is -0.623. The molecule has 0 bridgehead atoms. The number of methoxy groups -OCH3 is 2. The summed E-state index contributed by atoms with van der Waals surface area (Å²) in [6.45, 7) is 1.39. The van der Waals surface area contributed by atoms with Crippen molar-refractivity contribution in [2.24, 2.45) is 17.8 Å². The van der Waals surface area contributed by atoms with Gasteiger partial charge >= 0.3 is 12.2 Å². The van der Waals surface area contributed by atoms with Gasteiger partial charge in [-0.05, 0) is 85.6 Å². The molecule has 0 radical (unpaired) electrons. The number of benzene rings is 2. The van der Waals surface area contributed by atoms with Crippen LogP contribution in [0.3, 0.4) is 0 Å². The van der Waals surface area contributed by atoms with Crippen LogP contribution in [0.4, 0.5) is 15.3 Å². The van der Waals surface area contributed by atoms with Crippen LogP contribution < -0.4 is 16.0 Å². The predicted octanol–water partition coefficient (Wildman–Crippen LogP) is 4.46. The molecule has 5 amide bonds. The minimum absolute atomic E-state index is 0.0892. The van der Waals surface area contributed by atoms with Crippen LogP contribution in [0.2, 0.25) is 0 Å². The molecule has 2 aliphatic heterocycles. The molecule has 52 heavy (non-hydrogen) atoms. The van der Waals surface area contributed by atoms with Crippen LogP contribution in [0.5, 0.6) is 0 Å². The molecule has 2 saturated heterocycles. The number of alkyl carbamates (subject to hydrolysis) is 2.